The van der Waals surface area contributed by atoms with Crippen LogP contribution in [0.25, 0.3) is 0 Å². The SMILES string of the molecule is N#Cc1ccc(COC(=O)C[C@H](NC(=O)c2ccccc2)c2ccccc2)cc1. The topological polar surface area (TPSA) is 79.2 Å². The van der Waals surface area contributed by atoms with Gasteiger partial charge in [-0.25, -0.2) is 0 Å². The molecule has 1 amide bonds. The van der Waals surface area contributed by atoms with Gasteiger partial charge in [-0.1, -0.05) is 60.7 Å². The van der Waals surface area contributed by atoms with Crippen molar-refractivity contribution >= 4 is 11.9 Å². The van der Waals surface area contributed by atoms with Gasteiger partial charge in [-0.3, -0.25) is 9.59 Å². The summed E-state index contributed by atoms with van der Waals surface area (Å²) in [4.78, 5) is 25.0. The second-order valence-electron chi connectivity index (χ2n) is 6.48. The lowest BCUT2D eigenvalue weighted by Crippen LogP contribution is -2.30. The van der Waals surface area contributed by atoms with E-state index in [0.717, 1.165) is 11.1 Å². The number of carbonyl (C=O) groups excluding carboxylic acids is 2. The first-order chi connectivity index (χ1) is 14.2. The second-order valence-corrected chi connectivity index (χ2v) is 6.48. The van der Waals surface area contributed by atoms with Gasteiger partial charge < -0.3 is 10.1 Å². The van der Waals surface area contributed by atoms with Crippen LogP contribution >= 0.6 is 0 Å². The molecule has 3 aromatic carbocycles. The lowest BCUT2D eigenvalue weighted by molar-refractivity contribution is -0.145. The Morgan fingerprint density at radius 3 is 2.14 bits per heavy atom. The molecule has 0 heterocycles. The fraction of sp³-hybridized carbons (Fsp3) is 0.125. The van der Waals surface area contributed by atoms with E-state index in [1.54, 1.807) is 48.5 Å². The lowest BCUT2D eigenvalue weighted by Gasteiger charge is -2.19. The molecule has 3 rings (SSSR count). The molecule has 0 radical (unpaired) electrons. The summed E-state index contributed by atoms with van der Waals surface area (Å²) in [6.45, 7) is 0.110. The van der Waals surface area contributed by atoms with Crippen molar-refractivity contribution in [3.8, 4) is 6.07 Å². The monoisotopic (exact) mass is 384 g/mol. The first-order valence-corrected chi connectivity index (χ1v) is 9.21. The van der Waals surface area contributed by atoms with Crippen molar-refractivity contribution in [2.24, 2.45) is 0 Å². The number of rotatable bonds is 7. The Labute approximate surface area is 169 Å². The first-order valence-electron chi connectivity index (χ1n) is 9.21. The molecule has 0 bridgehead atoms. The van der Waals surface area contributed by atoms with E-state index in [0.29, 0.717) is 11.1 Å². The highest BCUT2D eigenvalue weighted by Crippen LogP contribution is 2.19. The van der Waals surface area contributed by atoms with Crippen molar-refractivity contribution < 1.29 is 14.3 Å². The van der Waals surface area contributed by atoms with Crippen molar-refractivity contribution in [1.82, 2.24) is 5.32 Å². The number of amides is 1. The van der Waals surface area contributed by atoms with Gasteiger partial charge in [0.05, 0.1) is 24.1 Å². The molecule has 0 fully saturated rings. The smallest absolute Gasteiger partial charge is 0.308 e. The molecule has 0 aliphatic heterocycles. The average molecular weight is 384 g/mol. The van der Waals surface area contributed by atoms with Gasteiger partial charge in [-0.05, 0) is 35.4 Å². The molecule has 29 heavy (non-hydrogen) atoms. The van der Waals surface area contributed by atoms with E-state index in [1.807, 2.05) is 42.5 Å². The summed E-state index contributed by atoms with van der Waals surface area (Å²) in [6.07, 6.45) is 0.0128. The molecule has 3 aromatic rings. The molecule has 0 unspecified atom stereocenters. The molecule has 1 N–H and O–H groups in total. The Morgan fingerprint density at radius 1 is 0.897 bits per heavy atom. The molecule has 0 saturated carbocycles. The van der Waals surface area contributed by atoms with Crippen molar-refractivity contribution in [2.45, 2.75) is 19.1 Å². The lowest BCUT2D eigenvalue weighted by atomic mass is 10.0. The van der Waals surface area contributed by atoms with Crippen LogP contribution in [0.1, 0.15) is 39.5 Å². The normalized spacial score (nSPS) is 11.1. The Morgan fingerprint density at radius 2 is 1.52 bits per heavy atom. The number of nitriles is 1. The zero-order chi connectivity index (χ0) is 20.5. The predicted octanol–water partition coefficient (Wildman–Crippen LogP) is 4.16. The minimum absolute atomic E-state index is 0.0128. The average Bonchev–Trinajstić information content (AvgIpc) is 2.78. The Kier molecular flexibility index (Phi) is 6.75. The molecular formula is C24H20N2O3. The van der Waals surface area contributed by atoms with Crippen LogP contribution in [0.3, 0.4) is 0 Å². The third-order valence-electron chi connectivity index (χ3n) is 4.40. The highest BCUT2D eigenvalue weighted by molar-refractivity contribution is 5.94. The summed E-state index contributed by atoms with van der Waals surface area (Å²) in [6, 6.07) is 26.6. The number of carbonyl (C=O) groups is 2. The third-order valence-corrected chi connectivity index (χ3v) is 4.40. The van der Waals surface area contributed by atoms with Gasteiger partial charge in [0, 0.05) is 5.56 Å². The molecule has 1 atom stereocenters. The van der Waals surface area contributed by atoms with E-state index in [9.17, 15) is 9.59 Å². The Balaban J connectivity index is 1.65. The minimum Gasteiger partial charge on any atom is -0.461 e. The van der Waals surface area contributed by atoms with Crippen LogP contribution < -0.4 is 5.32 Å². The largest absolute Gasteiger partial charge is 0.461 e. The number of hydrogen-bond donors (Lipinski definition) is 1. The van der Waals surface area contributed by atoms with Gasteiger partial charge in [-0.2, -0.15) is 5.26 Å². The molecule has 0 aromatic heterocycles. The maximum absolute atomic E-state index is 12.6. The standard InChI is InChI=1S/C24H20N2O3/c25-16-18-11-13-19(14-12-18)17-29-23(27)15-22(20-7-3-1-4-8-20)26-24(28)21-9-5-2-6-10-21/h1-14,22H,15,17H2,(H,26,28)/t22-/m0/s1. The van der Waals surface area contributed by atoms with Crippen molar-refractivity contribution in [2.75, 3.05) is 0 Å². The summed E-state index contributed by atoms with van der Waals surface area (Å²) in [5.74, 6) is -0.670. The fourth-order valence-corrected chi connectivity index (χ4v) is 2.83. The molecular weight excluding hydrogens is 364 g/mol. The van der Waals surface area contributed by atoms with Gasteiger partial charge >= 0.3 is 5.97 Å². The fourth-order valence-electron chi connectivity index (χ4n) is 2.83. The van der Waals surface area contributed by atoms with E-state index < -0.39 is 12.0 Å². The van der Waals surface area contributed by atoms with Crippen LogP contribution in [-0.2, 0) is 16.1 Å². The van der Waals surface area contributed by atoms with Crippen molar-refractivity contribution in [3.05, 3.63) is 107 Å². The predicted molar refractivity (Wildman–Crippen MR) is 109 cm³/mol. The first kappa shape index (κ1) is 19.8. The van der Waals surface area contributed by atoms with Gasteiger partial charge in [0.2, 0.25) is 0 Å². The van der Waals surface area contributed by atoms with Crippen LogP contribution in [0.2, 0.25) is 0 Å². The van der Waals surface area contributed by atoms with E-state index in [4.69, 9.17) is 10.00 Å². The van der Waals surface area contributed by atoms with Crippen molar-refractivity contribution in [3.63, 3.8) is 0 Å². The van der Waals surface area contributed by atoms with Gasteiger partial charge in [0.25, 0.3) is 5.91 Å². The van der Waals surface area contributed by atoms with Crippen LogP contribution in [0.4, 0.5) is 0 Å². The van der Waals surface area contributed by atoms with Crippen LogP contribution in [0.15, 0.2) is 84.9 Å². The van der Waals surface area contributed by atoms with Crippen molar-refractivity contribution in [1.29, 1.82) is 5.26 Å². The summed E-state index contributed by atoms with van der Waals surface area (Å²) in [5.41, 5.74) is 2.70. The third kappa shape index (κ3) is 5.78. The Bertz CT molecular complexity index is 994. The summed E-state index contributed by atoms with van der Waals surface area (Å²) in [7, 11) is 0. The van der Waals surface area contributed by atoms with Crippen LogP contribution in [0.5, 0.6) is 0 Å². The van der Waals surface area contributed by atoms with Gasteiger partial charge in [0.1, 0.15) is 6.61 Å². The number of ether oxygens (including phenoxy) is 1. The Hall–Kier alpha value is -3.91. The van der Waals surface area contributed by atoms with Gasteiger partial charge in [-0.15, -0.1) is 0 Å². The van der Waals surface area contributed by atoms with E-state index in [-0.39, 0.29) is 18.9 Å². The van der Waals surface area contributed by atoms with Crippen LogP contribution in [-0.4, -0.2) is 11.9 Å². The molecule has 5 nitrogen and oxygen atoms in total. The minimum atomic E-state index is -0.502. The number of nitrogens with one attached hydrogen (secondary N) is 1. The molecule has 0 aliphatic carbocycles. The van der Waals surface area contributed by atoms with Gasteiger partial charge in [0.15, 0.2) is 0 Å². The summed E-state index contributed by atoms with van der Waals surface area (Å²) < 4.78 is 5.37. The van der Waals surface area contributed by atoms with E-state index in [2.05, 4.69) is 5.32 Å². The zero-order valence-corrected chi connectivity index (χ0v) is 15.7. The maximum Gasteiger partial charge on any atom is 0.308 e. The quantitative estimate of drug-likeness (QED) is 0.620. The summed E-state index contributed by atoms with van der Waals surface area (Å²) >= 11 is 0. The highest BCUT2D eigenvalue weighted by atomic mass is 16.5. The molecule has 5 heteroatoms. The van der Waals surface area contributed by atoms with E-state index in [1.165, 1.54) is 0 Å². The zero-order valence-electron chi connectivity index (χ0n) is 15.7. The highest BCUT2D eigenvalue weighted by Gasteiger charge is 2.20. The molecule has 0 saturated heterocycles. The number of hydrogen-bond acceptors (Lipinski definition) is 4. The molecule has 144 valence electrons. The maximum atomic E-state index is 12.6. The number of benzene rings is 3. The number of esters is 1. The molecule has 0 aliphatic rings. The van der Waals surface area contributed by atoms with Crippen LogP contribution in [0, 0.1) is 11.3 Å². The summed E-state index contributed by atoms with van der Waals surface area (Å²) in [5, 5.41) is 11.8. The molecule has 0 spiro atoms. The number of nitrogens with zero attached hydrogens (tertiary/aromatic N) is 1. The second kappa shape index (κ2) is 9.86. The van der Waals surface area contributed by atoms with E-state index >= 15 is 0 Å².